The largest absolute Gasteiger partial charge is 0.457 e. The Hall–Kier alpha value is -2.68. The van der Waals surface area contributed by atoms with Gasteiger partial charge in [-0.25, -0.2) is 19.6 Å². The van der Waals surface area contributed by atoms with E-state index >= 15 is 0 Å². The molecule has 2 heterocycles. The van der Waals surface area contributed by atoms with Gasteiger partial charge in [0.1, 0.15) is 19.3 Å². The van der Waals surface area contributed by atoms with Crippen LogP contribution in [-0.2, 0) is 30.5 Å². The van der Waals surface area contributed by atoms with Gasteiger partial charge in [-0.3, -0.25) is 4.79 Å². The van der Waals surface area contributed by atoms with E-state index in [0.717, 1.165) is 10.6 Å². The van der Waals surface area contributed by atoms with Crippen LogP contribution in [0.15, 0.2) is 54.3 Å². The lowest BCUT2D eigenvalue weighted by Crippen LogP contribution is -2.38. The number of nitrogens with two attached hydrogens (primary N) is 1. The summed E-state index contributed by atoms with van der Waals surface area (Å²) < 4.78 is 10.3. The van der Waals surface area contributed by atoms with E-state index < -0.39 is 23.9 Å². The number of hydrogen-bond donors (Lipinski definition) is 1. The van der Waals surface area contributed by atoms with Gasteiger partial charge >= 0.3 is 11.9 Å². The first-order valence-electron chi connectivity index (χ1n) is 8.09. The standard InChI is InChI=1S/C18H19N3O5.ClH/c1-2-8-25-18(24)15-13(9-20-10-14(19)16(22)21(15)20)17(23)26-11-12-6-4-3-5-7-12;/h2-7,14H,1,8-11,19H2;1H/t14-;/m0./s1. The van der Waals surface area contributed by atoms with Crippen molar-refractivity contribution in [3.63, 3.8) is 0 Å². The molecule has 27 heavy (non-hydrogen) atoms. The maximum absolute atomic E-state index is 12.5. The molecule has 0 aromatic heterocycles. The third kappa shape index (κ3) is 4.19. The SMILES string of the molecule is C=CCOC(=O)C1=C(C(=O)OCc2ccccc2)CN2C[C@H](N)C(=O)N12.Cl. The van der Waals surface area contributed by atoms with Crippen LogP contribution in [-0.4, -0.2) is 53.6 Å². The number of benzene rings is 1. The number of esters is 2. The third-order valence-corrected chi connectivity index (χ3v) is 4.04. The van der Waals surface area contributed by atoms with E-state index in [0.29, 0.717) is 0 Å². The number of hydrogen-bond acceptors (Lipinski definition) is 7. The highest BCUT2D eigenvalue weighted by Crippen LogP contribution is 2.30. The van der Waals surface area contributed by atoms with Gasteiger partial charge in [0.15, 0.2) is 5.70 Å². The van der Waals surface area contributed by atoms with Gasteiger partial charge in [0.2, 0.25) is 0 Å². The van der Waals surface area contributed by atoms with Crippen molar-refractivity contribution in [2.45, 2.75) is 12.6 Å². The molecule has 9 heteroatoms. The van der Waals surface area contributed by atoms with Gasteiger partial charge in [0.05, 0.1) is 12.1 Å². The smallest absolute Gasteiger partial charge is 0.357 e. The predicted octanol–water partition coefficient (Wildman–Crippen LogP) is 0.535. The fourth-order valence-electron chi connectivity index (χ4n) is 2.84. The van der Waals surface area contributed by atoms with E-state index in [9.17, 15) is 14.4 Å². The topological polar surface area (TPSA) is 102 Å². The second-order valence-corrected chi connectivity index (χ2v) is 5.88. The molecule has 0 saturated carbocycles. The van der Waals surface area contributed by atoms with E-state index in [1.54, 1.807) is 0 Å². The van der Waals surface area contributed by atoms with E-state index in [4.69, 9.17) is 15.2 Å². The van der Waals surface area contributed by atoms with Crippen molar-refractivity contribution in [2.75, 3.05) is 19.7 Å². The first-order chi connectivity index (χ1) is 12.5. The molecule has 1 amide bonds. The molecule has 2 aliphatic heterocycles. The molecule has 0 radical (unpaired) electrons. The molecular weight excluding hydrogens is 374 g/mol. The minimum Gasteiger partial charge on any atom is -0.457 e. The van der Waals surface area contributed by atoms with Crippen molar-refractivity contribution in [3.8, 4) is 0 Å². The summed E-state index contributed by atoms with van der Waals surface area (Å²) in [6, 6.07) is 8.41. The van der Waals surface area contributed by atoms with Crippen LogP contribution in [0.25, 0.3) is 0 Å². The maximum atomic E-state index is 12.5. The van der Waals surface area contributed by atoms with Gasteiger partial charge in [-0.2, -0.15) is 0 Å². The lowest BCUT2D eigenvalue weighted by Gasteiger charge is -2.20. The monoisotopic (exact) mass is 393 g/mol. The number of hydrazine groups is 1. The Morgan fingerprint density at radius 1 is 1.22 bits per heavy atom. The van der Waals surface area contributed by atoms with Crippen molar-refractivity contribution in [1.29, 1.82) is 0 Å². The molecule has 1 aromatic carbocycles. The molecule has 0 bridgehead atoms. The molecule has 1 saturated heterocycles. The lowest BCUT2D eigenvalue weighted by atomic mass is 10.2. The number of nitrogens with zero attached hydrogens (tertiary/aromatic N) is 2. The fourth-order valence-corrected chi connectivity index (χ4v) is 2.84. The van der Waals surface area contributed by atoms with Crippen LogP contribution in [0.3, 0.4) is 0 Å². The van der Waals surface area contributed by atoms with Gasteiger partial charge in [0.25, 0.3) is 5.91 Å². The molecule has 1 fully saturated rings. The van der Waals surface area contributed by atoms with Crippen LogP contribution >= 0.6 is 12.4 Å². The van der Waals surface area contributed by atoms with Crippen molar-refractivity contribution >= 4 is 30.3 Å². The molecule has 0 spiro atoms. The van der Waals surface area contributed by atoms with Gasteiger partial charge in [-0.1, -0.05) is 43.0 Å². The van der Waals surface area contributed by atoms with Crippen LogP contribution in [0.2, 0.25) is 0 Å². The summed E-state index contributed by atoms with van der Waals surface area (Å²) in [5.41, 5.74) is 6.50. The Bertz CT molecular complexity index is 780. The molecule has 3 rings (SSSR count). The first-order valence-corrected chi connectivity index (χ1v) is 8.09. The summed E-state index contributed by atoms with van der Waals surface area (Å²) in [6.07, 6.45) is 1.40. The third-order valence-electron chi connectivity index (χ3n) is 4.04. The highest BCUT2D eigenvalue weighted by molar-refractivity contribution is 6.05. The Labute approximate surface area is 162 Å². The summed E-state index contributed by atoms with van der Waals surface area (Å²) in [5, 5.41) is 2.66. The second-order valence-electron chi connectivity index (χ2n) is 5.88. The summed E-state index contributed by atoms with van der Waals surface area (Å²) in [7, 11) is 0. The first kappa shape index (κ1) is 20.6. The number of amides is 1. The quantitative estimate of drug-likeness (QED) is 0.555. The molecule has 1 atom stereocenters. The highest BCUT2D eigenvalue weighted by Gasteiger charge is 2.48. The van der Waals surface area contributed by atoms with Crippen molar-refractivity contribution < 1.29 is 23.9 Å². The van der Waals surface area contributed by atoms with Crippen molar-refractivity contribution in [2.24, 2.45) is 5.73 Å². The zero-order valence-corrected chi connectivity index (χ0v) is 15.3. The van der Waals surface area contributed by atoms with E-state index in [-0.39, 0.29) is 50.0 Å². The fraction of sp³-hybridized carbons (Fsp3) is 0.278. The molecule has 1 aromatic rings. The van der Waals surface area contributed by atoms with Crippen LogP contribution < -0.4 is 5.73 Å². The Morgan fingerprint density at radius 2 is 1.93 bits per heavy atom. The molecule has 144 valence electrons. The molecule has 2 N–H and O–H groups in total. The number of carbonyl (C=O) groups is 3. The van der Waals surface area contributed by atoms with Crippen LogP contribution in [0.4, 0.5) is 0 Å². The number of ether oxygens (including phenoxy) is 2. The molecule has 2 aliphatic rings. The van der Waals surface area contributed by atoms with Gasteiger partial charge in [0, 0.05) is 6.54 Å². The van der Waals surface area contributed by atoms with Crippen LogP contribution in [0.1, 0.15) is 5.56 Å². The summed E-state index contributed by atoms with van der Waals surface area (Å²) >= 11 is 0. The summed E-state index contributed by atoms with van der Waals surface area (Å²) in [6.45, 7) is 3.77. The summed E-state index contributed by atoms with van der Waals surface area (Å²) in [4.78, 5) is 37.2. The zero-order valence-electron chi connectivity index (χ0n) is 14.5. The van der Waals surface area contributed by atoms with E-state index in [2.05, 4.69) is 6.58 Å². The van der Waals surface area contributed by atoms with Crippen molar-refractivity contribution in [1.82, 2.24) is 10.0 Å². The van der Waals surface area contributed by atoms with Crippen LogP contribution in [0.5, 0.6) is 0 Å². The normalized spacial score (nSPS) is 18.8. The average molecular weight is 394 g/mol. The second kappa shape index (κ2) is 8.81. The van der Waals surface area contributed by atoms with E-state index in [1.807, 2.05) is 30.3 Å². The predicted molar refractivity (Wildman–Crippen MR) is 98.1 cm³/mol. The van der Waals surface area contributed by atoms with Crippen molar-refractivity contribution in [3.05, 3.63) is 59.8 Å². The van der Waals surface area contributed by atoms with E-state index in [1.165, 1.54) is 11.1 Å². The van der Waals surface area contributed by atoms with Gasteiger partial charge in [-0.15, -0.1) is 12.4 Å². The van der Waals surface area contributed by atoms with Gasteiger partial charge < -0.3 is 15.2 Å². The highest BCUT2D eigenvalue weighted by atomic mass is 35.5. The van der Waals surface area contributed by atoms with Gasteiger partial charge in [-0.05, 0) is 5.56 Å². The molecule has 0 aliphatic carbocycles. The summed E-state index contributed by atoms with van der Waals surface area (Å²) in [5.74, 6) is -1.92. The number of carbonyl (C=O) groups excluding carboxylic acids is 3. The maximum Gasteiger partial charge on any atom is 0.357 e. The van der Waals surface area contributed by atoms with Crippen LogP contribution in [0, 0.1) is 0 Å². The zero-order chi connectivity index (χ0) is 18.7. The Balaban J connectivity index is 0.00000261. The Kier molecular flexibility index (Phi) is 6.73. The Morgan fingerprint density at radius 3 is 2.59 bits per heavy atom. The number of fused-ring (bicyclic) bond motifs is 1. The molecule has 0 unspecified atom stereocenters. The molecule has 8 nitrogen and oxygen atoms in total. The minimum atomic E-state index is -0.790. The minimum absolute atomic E-state index is 0. The number of halogens is 1. The average Bonchev–Trinajstić information content (AvgIpc) is 3.15. The lowest BCUT2D eigenvalue weighted by molar-refractivity contribution is -0.146. The number of rotatable bonds is 6. The molecular formula is C18H20ClN3O5.